The van der Waals surface area contributed by atoms with Gasteiger partial charge in [-0.15, -0.1) is 0 Å². The lowest BCUT2D eigenvalue weighted by molar-refractivity contribution is -0.155. The first-order valence-corrected chi connectivity index (χ1v) is 30.5. The van der Waals surface area contributed by atoms with Gasteiger partial charge in [0, 0.05) is 97.7 Å². The average Bonchev–Trinajstić information content (AvgIpc) is 4.52. The van der Waals surface area contributed by atoms with Crippen LogP contribution in [-0.4, -0.2) is 148 Å². The summed E-state index contributed by atoms with van der Waals surface area (Å²) in [5.74, 6) is -1.02. The van der Waals surface area contributed by atoms with Crippen LogP contribution in [0.25, 0.3) is 33.3 Å². The minimum Gasteiger partial charge on any atom is -0.464 e. The van der Waals surface area contributed by atoms with E-state index in [-0.39, 0.29) is 54.4 Å². The maximum Gasteiger partial charge on any atom is 0.410 e. The van der Waals surface area contributed by atoms with Crippen LogP contribution in [0, 0.1) is 16.7 Å². The number of nitrogens with one attached hydrogen (secondary N) is 2. The van der Waals surface area contributed by atoms with Crippen molar-refractivity contribution in [3.63, 3.8) is 0 Å². The Labute approximate surface area is 477 Å². The number of aromatic nitrogens is 2. The fourth-order valence-corrected chi connectivity index (χ4v) is 14.9. The predicted molar refractivity (Wildman–Crippen MR) is 311 cm³/mol. The maximum absolute atomic E-state index is 15.4. The zero-order valence-electron chi connectivity index (χ0n) is 49.3. The summed E-state index contributed by atoms with van der Waals surface area (Å²) >= 11 is 0. The molecule has 1 saturated carbocycles. The molecule has 2 aromatic heterocycles. The molecule has 5 saturated heterocycles. The van der Waals surface area contributed by atoms with Gasteiger partial charge < -0.3 is 29.2 Å². The smallest absolute Gasteiger partial charge is 0.410 e. The molecule has 11 rings (SSSR count). The second kappa shape index (κ2) is 22.8. The Kier molecular flexibility index (Phi) is 16.1. The first-order valence-electron chi connectivity index (χ1n) is 30.5. The number of aryl methyl sites for hydroxylation is 1. The number of esters is 1. The molecular formula is C64H87F2N9O6. The lowest BCUT2D eigenvalue weighted by atomic mass is 9.83. The van der Waals surface area contributed by atoms with Gasteiger partial charge in [0.2, 0.25) is 5.91 Å². The highest BCUT2D eigenvalue weighted by Gasteiger charge is 2.50. The maximum atomic E-state index is 15.4. The van der Waals surface area contributed by atoms with Gasteiger partial charge in [0.05, 0.1) is 35.9 Å². The number of alkyl halides is 2. The Hall–Kier alpha value is -5.65. The molecule has 15 nitrogen and oxygen atoms in total. The van der Waals surface area contributed by atoms with Crippen molar-refractivity contribution in [2.24, 2.45) is 16.7 Å². The van der Waals surface area contributed by atoms with Crippen LogP contribution in [0.2, 0.25) is 0 Å². The van der Waals surface area contributed by atoms with Crippen LogP contribution >= 0.6 is 0 Å². The fourth-order valence-electron chi connectivity index (χ4n) is 14.9. The van der Waals surface area contributed by atoms with E-state index in [1.807, 2.05) is 39.1 Å². The Morgan fingerprint density at radius 3 is 2.43 bits per heavy atom. The van der Waals surface area contributed by atoms with Gasteiger partial charge in [0.25, 0.3) is 12.3 Å². The zero-order chi connectivity index (χ0) is 57.1. The number of hydrazine groups is 1. The van der Waals surface area contributed by atoms with Crippen molar-refractivity contribution < 1.29 is 37.4 Å². The predicted octanol–water partition coefficient (Wildman–Crippen LogP) is 10.3. The summed E-state index contributed by atoms with van der Waals surface area (Å²) < 4.78 is 45.1. The third-order valence-electron chi connectivity index (χ3n) is 18.9. The standard InChI is InChI=1S/C64H87F2N9O6/c1-9-74-53-19-18-43-32-48(53)50(56(74)49-33-47(35-67-54(49)40(2)3)71-27-26-70-22-12-16-46(70)36-71)34-63(7,8)39-80-60(78)51-17-13-23-75(69-51)59(77)52(30-41-28-44(43)31-45(29-41)57(65)66)68-58(76)55(42-14-10-11-15-42)72-24-20-64(37-72)21-25-73(38-64)61(79)81-62(4,5)6/h18-19,28-29,31-33,35,40,42,46,51-52,55,57,69H,9-17,20-27,30,34,36-39H2,1-8H3,(H,68,76)/t46-,51+,52+,55+,64+/m1/s1. The quantitative estimate of drug-likeness (QED) is 0.155. The highest BCUT2D eigenvalue weighted by Crippen LogP contribution is 2.46. The SMILES string of the molecule is CCn1c(-c2cc(N3CCN4CCC[C@@H]4C3)cnc2C(C)C)c2c3cc(ccc31)-c1cc(cc(C(F)F)c1)C[C@H](NC(=O)[C@H](C1CCCC1)N1CC[C@]3(CCN(C(=O)OC(C)(C)C)C3)C1)C(=O)N1CCC[C@H](N1)C(=O)OCC(C)(C)C2. The van der Waals surface area contributed by atoms with E-state index in [1.165, 1.54) is 23.9 Å². The first-order chi connectivity index (χ1) is 38.6. The topological polar surface area (TPSA) is 145 Å². The molecular weight excluding hydrogens is 1030 g/mol. The van der Waals surface area contributed by atoms with Gasteiger partial charge in [-0.25, -0.2) is 19.0 Å². The number of carbonyl (C=O) groups excluding carboxylic acids is 4. The molecule has 8 heterocycles. The van der Waals surface area contributed by atoms with Crippen molar-refractivity contribution in [3.8, 4) is 22.4 Å². The number of likely N-dealkylation sites (tertiary alicyclic amines) is 2. The first kappa shape index (κ1) is 57.2. The summed E-state index contributed by atoms with van der Waals surface area (Å²) in [5.41, 5.74) is 9.77. The van der Waals surface area contributed by atoms with E-state index >= 15 is 18.4 Å². The molecule has 81 heavy (non-hydrogen) atoms. The number of fused-ring (bicyclic) bond motifs is 7. The van der Waals surface area contributed by atoms with Crippen molar-refractivity contribution in [3.05, 3.63) is 71.0 Å². The van der Waals surface area contributed by atoms with Gasteiger partial charge in [-0.3, -0.25) is 34.2 Å². The summed E-state index contributed by atoms with van der Waals surface area (Å²) in [7, 11) is 0. The number of pyridine rings is 1. The molecule has 4 aromatic rings. The molecule has 6 fully saturated rings. The highest BCUT2D eigenvalue weighted by atomic mass is 19.3. The number of hydrogen-bond donors (Lipinski definition) is 2. The van der Waals surface area contributed by atoms with Crippen LogP contribution in [0.1, 0.15) is 154 Å². The molecule has 5 atom stereocenters. The van der Waals surface area contributed by atoms with E-state index in [1.54, 1.807) is 11.0 Å². The van der Waals surface area contributed by atoms with Gasteiger partial charge in [-0.2, -0.15) is 0 Å². The van der Waals surface area contributed by atoms with Crippen molar-refractivity contribution in [1.29, 1.82) is 0 Å². The fraction of sp³-hybridized carbons (Fsp3) is 0.641. The van der Waals surface area contributed by atoms with Crippen molar-refractivity contribution in [1.82, 2.24) is 40.0 Å². The Morgan fingerprint density at radius 2 is 1.68 bits per heavy atom. The summed E-state index contributed by atoms with van der Waals surface area (Å²) in [6.45, 7) is 23.9. The molecule has 2 aromatic carbocycles. The molecule has 1 spiro atoms. The summed E-state index contributed by atoms with van der Waals surface area (Å²) in [6.07, 6.45) is 8.11. The number of amides is 3. The van der Waals surface area contributed by atoms with E-state index in [0.717, 1.165) is 109 Å². The Bertz CT molecular complexity index is 3020. The number of benzene rings is 2. The Morgan fingerprint density at radius 1 is 0.901 bits per heavy atom. The van der Waals surface area contributed by atoms with Crippen LogP contribution in [0.4, 0.5) is 19.3 Å². The molecule has 6 bridgehead atoms. The van der Waals surface area contributed by atoms with Crippen LogP contribution < -0.4 is 15.6 Å². The number of piperazine rings is 1. The van der Waals surface area contributed by atoms with E-state index in [4.69, 9.17) is 14.5 Å². The number of hydrogen-bond acceptors (Lipinski definition) is 11. The molecule has 6 aliphatic heterocycles. The largest absolute Gasteiger partial charge is 0.464 e. The van der Waals surface area contributed by atoms with Gasteiger partial charge in [0.1, 0.15) is 17.7 Å². The van der Waals surface area contributed by atoms with Gasteiger partial charge in [0.15, 0.2) is 0 Å². The number of rotatable bonds is 9. The molecule has 3 amide bonds. The van der Waals surface area contributed by atoms with Crippen molar-refractivity contribution in [2.75, 3.05) is 70.4 Å². The highest BCUT2D eigenvalue weighted by molar-refractivity contribution is 5.96. The van der Waals surface area contributed by atoms with Crippen LogP contribution in [0.3, 0.4) is 0 Å². The number of cyclic esters (lactones) is 1. The lowest BCUT2D eigenvalue weighted by Crippen LogP contribution is -2.62. The monoisotopic (exact) mass is 1120 g/mol. The Balaban J connectivity index is 0.979. The third kappa shape index (κ3) is 12.0. The molecule has 17 heteroatoms. The normalized spacial score (nSPS) is 25.5. The second-order valence-electron chi connectivity index (χ2n) is 27.0. The van der Waals surface area contributed by atoms with Gasteiger partial charge in [-0.1, -0.05) is 58.7 Å². The van der Waals surface area contributed by atoms with E-state index < -0.39 is 47.4 Å². The molecule has 438 valence electrons. The minimum atomic E-state index is -2.81. The number of halogens is 2. The minimum absolute atomic E-state index is 0.0518. The molecule has 0 unspecified atom stereocenters. The van der Waals surface area contributed by atoms with E-state index in [2.05, 4.69) is 82.8 Å². The number of carbonyl (C=O) groups is 4. The van der Waals surface area contributed by atoms with Gasteiger partial charge >= 0.3 is 12.1 Å². The number of anilines is 1. The molecule has 1 aliphatic carbocycles. The molecule has 0 radical (unpaired) electrons. The molecule has 2 N–H and O–H groups in total. The lowest BCUT2D eigenvalue weighted by Gasteiger charge is -2.39. The van der Waals surface area contributed by atoms with Crippen LogP contribution in [0.5, 0.6) is 0 Å². The summed E-state index contributed by atoms with van der Waals surface area (Å²) in [6, 6.07) is 11.5. The molecule has 7 aliphatic rings. The van der Waals surface area contributed by atoms with E-state index in [9.17, 15) is 9.59 Å². The second-order valence-corrected chi connectivity index (χ2v) is 27.0. The summed E-state index contributed by atoms with van der Waals surface area (Å²) in [5, 5.41) is 5.66. The average molecular weight is 1120 g/mol. The summed E-state index contributed by atoms with van der Waals surface area (Å²) in [4.78, 5) is 72.5. The van der Waals surface area contributed by atoms with Gasteiger partial charge in [-0.05, 0) is 157 Å². The van der Waals surface area contributed by atoms with Crippen LogP contribution in [-0.2, 0) is 43.2 Å². The van der Waals surface area contributed by atoms with Crippen molar-refractivity contribution in [2.45, 2.75) is 181 Å². The number of ether oxygens (including phenoxy) is 2. The van der Waals surface area contributed by atoms with E-state index in [0.29, 0.717) is 69.2 Å². The van der Waals surface area contributed by atoms with Crippen LogP contribution in [0.15, 0.2) is 48.7 Å². The van der Waals surface area contributed by atoms with Crippen molar-refractivity contribution >= 4 is 40.5 Å². The zero-order valence-corrected chi connectivity index (χ0v) is 49.3. The number of nitrogens with zero attached hydrogens (tertiary/aromatic N) is 7. The third-order valence-corrected chi connectivity index (χ3v) is 18.9.